The largest absolute Gasteiger partial charge is 0.497 e. The number of carbonyl (C=O) groups is 1. The zero-order valence-corrected chi connectivity index (χ0v) is 26.7. The highest BCUT2D eigenvalue weighted by Crippen LogP contribution is 2.23. The van der Waals surface area contributed by atoms with Crippen molar-refractivity contribution in [2.24, 2.45) is 0 Å². The van der Waals surface area contributed by atoms with Gasteiger partial charge in [0.15, 0.2) is 0 Å². The molecule has 1 saturated heterocycles. The van der Waals surface area contributed by atoms with Crippen LogP contribution in [0.1, 0.15) is 32.2 Å². The summed E-state index contributed by atoms with van der Waals surface area (Å²) in [6.07, 6.45) is 0. The van der Waals surface area contributed by atoms with Crippen molar-refractivity contribution in [2.75, 3.05) is 38.2 Å². The number of piperazine rings is 1. The number of hydrogen-bond donors (Lipinski definition) is 0. The molecule has 5 aromatic rings. The van der Waals surface area contributed by atoms with E-state index in [0.717, 1.165) is 52.0 Å². The number of amides is 1. The molecule has 2 heterocycles. The number of nitrogens with zero attached hydrogens (tertiary/aromatic N) is 4. The first-order valence-corrected chi connectivity index (χ1v) is 16.3. The zero-order valence-electron chi connectivity index (χ0n) is 25.8. The van der Waals surface area contributed by atoms with Gasteiger partial charge in [0.05, 0.1) is 13.7 Å². The minimum atomic E-state index is -0.255. The fourth-order valence-corrected chi connectivity index (χ4v) is 6.31. The third-order valence-corrected chi connectivity index (χ3v) is 8.87. The third-order valence-electron chi connectivity index (χ3n) is 8.03. The molecular weight excluding hydrogens is 599 g/mol. The number of methoxy groups -OCH3 is 1. The van der Waals surface area contributed by atoms with Gasteiger partial charge in [-0.25, -0.2) is 9.37 Å². The second-order valence-electron chi connectivity index (χ2n) is 11.3. The van der Waals surface area contributed by atoms with Gasteiger partial charge in [-0.15, -0.1) is 11.3 Å². The molecule has 0 N–H and O–H groups in total. The number of carbonyl (C=O) groups excluding carboxylic acids is 1. The standard InChI is InChI=1S/C37H37FN4O3S/c1-44-33-17-13-32(14-18-33)41-19-21-42(22-20-41)37(43)35-27-46-36(39-35)25-40(23-28-7-11-31(38)12-8-28)24-29-9-15-34(16-10-29)45-26-30-5-3-2-4-6-30/h2-18,27H,19-26H2,1H3. The van der Waals surface area contributed by atoms with Gasteiger partial charge < -0.3 is 19.3 Å². The van der Waals surface area contributed by atoms with Gasteiger partial charge in [-0.2, -0.15) is 0 Å². The number of rotatable bonds is 12. The van der Waals surface area contributed by atoms with Gasteiger partial charge in [-0.3, -0.25) is 9.69 Å². The molecule has 236 valence electrons. The Morgan fingerprint density at radius 3 is 2.07 bits per heavy atom. The van der Waals surface area contributed by atoms with Crippen LogP contribution in [-0.4, -0.2) is 54.0 Å². The van der Waals surface area contributed by atoms with E-state index >= 15 is 0 Å². The normalized spacial score (nSPS) is 13.2. The summed E-state index contributed by atoms with van der Waals surface area (Å²) >= 11 is 1.50. The maximum atomic E-state index is 13.6. The highest BCUT2D eigenvalue weighted by molar-refractivity contribution is 7.09. The SMILES string of the molecule is COc1ccc(N2CCN(C(=O)c3csc(CN(Cc4ccc(F)cc4)Cc4ccc(OCc5ccccc5)cc4)n3)CC2)cc1. The lowest BCUT2D eigenvalue weighted by atomic mass is 10.1. The topological polar surface area (TPSA) is 58.1 Å². The highest BCUT2D eigenvalue weighted by Gasteiger charge is 2.24. The van der Waals surface area contributed by atoms with Gasteiger partial charge in [-0.05, 0) is 65.2 Å². The smallest absolute Gasteiger partial charge is 0.273 e. The van der Waals surface area contributed by atoms with Crippen molar-refractivity contribution < 1.29 is 18.7 Å². The van der Waals surface area contributed by atoms with Gasteiger partial charge in [0.1, 0.15) is 34.6 Å². The van der Waals surface area contributed by atoms with E-state index in [1.54, 1.807) is 7.11 Å². The van der Waals surface area contributed by atoms with Crippen LogP contribution < -0.4 is 14.4 Å². The average molecular weight is 637 g/mol. The molecule has 0 bridgehead atoms. The Labute approximate surface area is 273 Å². The molecule has 1 aromatic heterocycles. The van der Waals surface area contributed by atoms with Crippen LogP contribution in [0.25, 0.3) is 0 Å². The molecule has 1 amide bonds. The molecule has 9 heteroatoms. The predicted octanol–water partition coefficient (Wildman–Crippen LogP) is 7.03. The molecular formula is C37H37FN4O3S. The number of anilines is 1. The Bertz CT molecular complexity index is 1690. The van der Waals surface area contributed by atoms with Crippen LogP contribution >= 0.6 is 11.3 Å². The van der Waals surface area contributed by atoms with E-state index in [-0.39, 0.29) is 11.7 Å². The summed E-state index contributed by atoms with van der Waals surface area (Å²) in [6.45, 7) is 5.15. The van der Waals surface area contributed by atoms with Crippen LogP contribution in [-0.2, 0) is 26.2 Å². The van der Waals surface area contributed by atoms with Crippen molar-refractivity contribution in [3.8, 4) is 11.5 Å². The zero-order chi connectivity index (χ0) is 31.7. The van der Waals surface area contributed by atoms with E-state index in [2.05, 4.69) is 34.1 Å². The number of benzene rings is 4. The summed E-state index contributed by atoms with van der Waals surface area (Å²) in [6, 6.07) is 32.8. The molecule has 7 nitrogen and oxygen atoms in total. The first kappa shape index (κ1) is 31.3. The molecule has 1 aliphatic heterocycles. The second-order valence-corrected chi connectivity index (χ2v) is 12.2. The van der Waals surface area contributed by atoms with Gasteiger partial charge in [0, 0.05) is 50.3 Å². The Kier molecular flexibility index (Phi) is 10.2. The molecule has 1 aliphatic rings. The predicted molar refractivity (Wildman–Crippen MR) is 180 cm³/mol. The molecule has 46 heavy (non-hydrogen) atoms. The summed E-state index contributed by atoms with van der Waals surface area (Å²) in [5.41, 5.74) is 4.86. The molecule has 6 rings (SSSR count). The van der Waals surface area contributed by atoms with Crippen LogP contribution in [0.2, 0.25) is 0 Å². The molecule has 0 atom stereocenters. The summed E-state index contributed by atoms with van der Waals surface area (Å²) in [7, 11) is 1.66. The van der Waals surface area contributed by atoms with Crippen LogP contribution in [0.15, 0.2) is 109 Å². The summed E-state index contributed by atoms with van der Waals surface area (Å²) in [5, 5.41) is 2.73. The first-order chi connectivity index (χ1) is 22.5. The second kappa shape index (κ2) is 15.0. The molecule has 4 aromatic carbocycles. The summed E-state index contributed by atoms with van der Waals surface area (Å²) in [5.74, 6) is 1.35. The lowest BCUT2D eigenvalue weighted by molar-refractivity contribution is 0.0741. The third kappa shape index (κ3) is 8.29. The van der Waals surface area contributed by atoms with Crippen LogP contribution in [0.4, 0.5) is 10.1 Å². The van der Waals surface area contributed by atoms with Crippen molar-refractivity contribution in [1.82, 2.24) is 14.8 Å². The van der Waals surface area contributed by atoms with Crippen molar-refractivity contribution in [3.05, 3.63) is 142 Å². The number of ether oxygens (including phenoxy) is 2. The molecule has 0 radical (unpaired) electrons. The minimum absolute atomic E-state index is 0.0342. The Morgan fingerprint density at radius 2 is 1.41 bits per heavy atom. The number of hydrogen-bond acceptors (Lipinski definition) is 7. The molecule has 0 aliphatic carbocycles. The highest BCUT2D eigenvalue weighted by atomic mass is 32.1. The Balaban J connectivity index is 1.08. The minimum Gasteiger partial charge on any atom is -0.497 e. The lowest BCUT2D eigenvalue weighted by Gasteiger charge is -2.35. The summed E-state index contributed by atoms with van der Waals surface area (Å²) < 4.78 is 24.9. The molecule has 0 spiro atoms. The van der Waals surface area contributed by atoms with Crippen molar-refractivity contribution in [2.45, 2.75) is 26.2 Å². The van der Waals surface area contributed by atoms with E-state index in [0.29, 0.717) is 45.0 Å². The fraction of sp³-hybridized carbons (Fsp3) is 0.243. The average Bonchev–Trinajstić information content (AvgIpc) is 3.57. The van der Waals surface area contributed by atoms with Crippen molar-refractivity contribution in [3.63, 3.8) is 0 Å². The first-order valence-electron chi connectivity index (χ1n) is 15.4. The van der Waals surface area contributed by atoms with Crippen LogP contribution in [0, 0.1) is 5.82 Å². The van der Waals surface area contributed by atoms with Gasteiger partial charge >= 0.3 is 0 Å². The number of thiazole rings is 1. The molecule has 0 saturated carbocycles. The maximum Gasteiger partial charge on any atom is 0.273 e. The molecule has 0 unspecified atom stereocenters. The van der Waals surface area contributed by atoms with Crippen molar-refractivity contribution >= 4 is 22.9 Å². The Hall–Kier alpha value is -4.73. The number of halogens is 1. The Morgan fingerprint density at radius 1 is 0.783 bits per heavy atom. The maximum absolute atomic E-state index is 13.6. The lowest BCUT2D eigenvalue weighted by Crippen LogP contribution is -2.48. The monoisotopic (exact) mass is 636 g/mol. The van der Waals surface area contributed by atoms with E-state index in [1.807, 2.05) is 77.0 Å². The quantitative estimate of drug-likeness (QED) is 0.147. The van der Waals surface area contributed by atoms with E-state index in [1.165, 1.54) is 23.5 Å². The van der Waals surface area contributed by atoms with Gasteiger partial charge in [-0.1, -0.05) is 54.6 Å². The fourth-order valence-electron chi connectivity index (χ4n) is 5.50. The van der Waals surface area contributed by atoms with E-state index in [9.17, 15) is 9.18 Å². The molecule has 1 fully saturated rings. The van der Waals surface area contributed by atoms with Crippen LogP contribution in [0.3, 0.4) is 0 Å². The number of aromatic nitrogens is 1. The summed E-state index contributed by atoms with van der Waals surface area (Å²) in [4.78, 5) is 24.6. The van der Waals surface area contributed by atoms with E-state index < -0.39 is 0 Å². The van der Waals surface area contributed by atoms with Gasteiger partial charge in [0.25, 0.3) is 5.91 Å². The van der Waals surface area contributed by atoms with Crippen LogP contribution in [0.5, 0.6) is 11.5 Å². The van der Waals surface area contributed by atoms with E-state index in [4.69, 9.17) is 14.5 Å². The van der Waals surface area contributed by atoms with Gasteiger partial charge in [0.2, 0.25) is 0 Å². The van der Waals surface area contributed by atoms with Crippen molar-refractivity contribution in [1.29, 1.82) is 0 Å².